The van der Waals surface area contributed by atoms with Crippen molar-refractivity contribution in [2.24, 2.45) is 4.99 Å². The number of halogens is 3. The molecule has 84 valence electrons. The van der Waals surface area contributed by atoms with Crippen molar-refractivity contribution < 1.29 is 18.0 Å². The molecule has 0 saturated carbocycles. The number of aliphatic imine (C=N–C) groups is 1. The average molecular weight is 227 g/mol. The van der Waals surface area contributed by atoms with E-state index in [-0.39, 0.29) is 23.5 Å². The van der Waals surface area contributed by atoms with Crippen LogP contribution in [0.25, 0.3) is 0 Å². The van der Waals surface area contributed by atoms with Crippen LogP contribution in [-0.2, 0) is 6.18 Å². The third-order valence-corrected chi connectivity index (χ3v) is 2.36. The molecule has 16 heavy (non-hydrogen) atoms. The van der Waals surface area contributed by atoms with Crippen LogP contribution in [0.1, 0.15) is 29.3 Å². The fourth-order valence-corrected chi connectivity index (χ4v) is 1.68. The molecule has 0 aliphatic carbocycles. The van der Waals surface area contributed by atoms with E-state index in [0.717, 1.165) is 6.07 Å². The number of benzene rings is 1. The molecule has 1 aliphatic heterocycles. The van der Waals surface area contributed by atoms with Crippen molar-refractivity contribution in [3.8, 4) is 0 Å². The van der Waals surface area contributed by atoms with Crippen LogP contribution in [0.3, 0.4) is 0 Å². The van der Waals surface area contributed by atoms with Gasteiger partial charge in [-0.1, -0.05) is 6.07 Å². The Morgan fingerprint density at radius 2 is 2.00 bits per heavy atom. The lowest BCUT2D eigenvalue weighted by molar-refractivity contribution is -0.137. The van der Waals surface area contributed by atoms with Crippen molar-refractivity contribution in [2.45, 2.75) is 19.5 Å². The quantitative estimate of drug-likeness (QED) is 0.668. The molecule has 2 rings (SSSR count). The molecule has 0 atom stereocenters. The van der Waals surface area contributed by atoms with Gasteiger partial charge in [0.15, 0.2) is 5.78 Å². The summed E-state index contributed by atoms with van der Waals surface area (Å²) in [4.78, 5) is 15.4. The Balaban J connectivity index is 2.70. The zero-order valence-corrected chi connectivity index (χ0v) is 8.43. The summed E-state index contributed by atoms with van der Waals surface area (Å²) >= 11 is 0. The van der Waals surface area contributed by atoms with Gasteiger partial charge in [0.1, 0.15) is 0 Å². The lowest BCUT2D eigenvalue weighted by atomic mass is 9.97. The van der Waals surface area contributed by atoms with E-state index < -0.39 is 11.7 Å². The van der Waals surface area contributed by atoms with Gasteiger partial charge < -0.3 is 0 Å². The zero-order valence-electron chi connectivity index (χ0n) is 8.43. The van der Waals surface area contributed by atoms with Crippen LogP contribution in [-0.4, -0.2) is 11.5 Å². The normalized spacial score (nSPS) is 15.8. The molecule has 1 heterocycles. The highest BCUT2D eigenvalue weighted by atomic mass is 19.4. The number of carbonyl (C=O) groups excluding carboxylic acids is 1. The van der Waals surface area contributed by atoms with Crippen LogP contribution < -0.4 is 0 Å². The predicted octanol–water partition coefficient (Wildman–Crippen LogP) is 3.38. The number of carbonyl (C=O) groups is 1. The van der Waals surface area contributed by atoms with Gasteiger partial charge >= 0.3 is 6.18 Å². The molecule has 1 aromatic carbocycles. The van der Waals surface area contributed by atoms with E-state index >= 15 is 0 Å². The molecule has 0 unspecified atom stereocenters. The van der Waals surface area contributed by atoms with Crippen LogP contribution in [0, 0.1) is 0 Å². The number of rotatable bonds is 0. The number of nitrogens with zero attached hydrogens (tertiary/aromatic N) is 1. The first-order valence-electron chi connectivity index (χ1n) is 4.67. The van der Waals surface area contributed by atoms with Crippen molar-refractivity contribution in [1.82, 2.24) is 0 Å². The molecule has 5 heteroatoms. The number of Topliss-reactive ketones (excluding diaryl/α,β-unsaturated/α-hetero) is 1. The molecular weight excluding hydrogens is 219 g/mol. The van der Waals surface area contributed by atoms with Crippen molar-refractivity contribution in [1.29, 1.82) is 0 Å². The number of hydrogen-bond acceptors (Lipinski definition) is 2. The Hall–Kier alpha value is -1.65. The Kier molecular flexibility index (Phi) is 2.33. The van der Waals surface area contributed by atoms with E-state index in [9.17, 15) is 18.0 Å². The Morgan fingerprint density at radius 1 is 1.31 bits per heavy atom. The Morgan fingerprint density at radius 3 is 2.62 bits per heavy atom. The first-order valence-corrected chi connectivity index (χ1v) is 4.67. The van der Waals surface area contributed by atoms with Gasteiger partial charge in [0.05, 0.1) is 11.3 Å². The van der Waals surface area contributed by atoms with E-state index in [1.54, 1.807) is 6.92 Å². The van der Waals surface area contributed by atoms with Gasteiger partial charge in [-0.2, -0.15) is 13.2 Å². The molecule has 0 N–H and O–H groups in total. The summed E-state index contributed by atoms with van der Waals surface area (Å²) in [5.41, 5.74) is -0.629. The predicted molar refractivity (Wildman–Crippen MR) is 53.2 cm³/mol. The highest BCUT2D eigenvalue weighted by Crippen LogP contribution is 2.40. The number of hydrogen-bond donors (Lipinski definition) is 0. The second kappa shape index (κ2) is 3.43. The largest absolute Gasteiger partial charge is 0.418 e. The molecule has 2 nitrogen and oxygen atoms in total. The lowest BCUT2D eigenvalue weighted by Gasteiger charge is -2.17. The maximum Gasteiger partial charge on any atom is 0.418 e. The smallest absolute Gasteiger partial charge is 0.294 e. The van der Waals surface area contributed by atoms with Gasteiger partial charge in [-0.25, -0.2) is 0 Å². The molecule has 0 bridgehead atoms. The third kappa shape index (κ3) is 1.73. The summed E-state index contributed by atoms with van der Waals surface area (Å²) in [5.74, 6) is -0.311. The Labute approximate surface area is 89.8 Å². The van der Waals surface area contributed by atoms with Crippen LogP contribution in [0.4, 0.5) is 18.9 Å². The van der Waals surface area contributed by atoms with E-state index in [2.05, 4.69) is 4.99 Å². The summed E-state index contributed by atoms with van der Waals surface area (Å²) in [6.45, 7) is 1.55. The van der Waals surface area contributed by atoms with Crippen molar-refractivity contribution in [2.75, 3.05) is 0 Å². The summed E-state index contributed by atoms with van der Waals surface area (Å²) in [6.07, 6.45) is -4.39. The van der Waals surface area contributed by atoms with Gasteiger partial charge in [0.2, 0.25) is 0 Å². The summed E-state index contributed by atoms with van der Waals surface area (Å²) in [6, 6.07) is 3.55. The van der Waals surface area contributed by atoms with Gasteiger partial charge in [-0.05, 0) is 19.1 Å². The minimum absolute atomic E-state index is 0.0559. The van der Waals surface area contributed by atoms with Crippen molar-refractivity contribution >= 4 is 17.2 Å². The summed E-state index contributed by atoms with van der Waals surface area (Å²) in [5, 5.41) is 0. The highest BCUT2D eigenvalue weighted by molar-refractivity contribution is 6.15. The number of ketones is 1. The van der Waals surface area contributed by atoms with Crippen LogP contribution >= 0.6 is 0 Å². The maximum atomic E-state index is 12.6. The molecule has 0 saturated heterocycles. The fourth-order valence-electron chi connectivity index (χ4n) is 1.68. The first kappa shape index (κ1) is 10.9. The fraction of sp³-hybridized carbons (Fsp3) is 0.273. The summed E-state index contributed by atoms with van der Waals surface area (Å²) in [7, 11) is 0. The van der Waals surface area contributed by atoms with Gasteiger partial charge in [-0.15, -0.1) is 0 Å². The van der Waals surface area contributed by atoms with Gasteiger partial charge in [-0.3, -0.25) is 9.79 Å². The van der Waals surface area contributed by atoms with E-state index in [1.807, 2.05) is 0 Å². The van der Waals surface area contributed by atoms with Gasteiger partial charge in [0, 0.05) is 17.7 Å². The standard InChI is InChI=1S/C11H8F3NO/c1-6-5-9(16)7-3-2-4-8(10(7)15-6)11(12,13)14/h2-4H,5H2,1H3. The molecule has 0 aromatic heterocycles. The van der Waals surface area contributed by atoms with Crippen LogP contribution in [0.2, 0.25) is 0 Å². The minimum atomic E-state index is -4.48. The number of fused-ring (bicyclic) bond motifs is 1. The SMILES string of the molecule is CC1=Nc2c(cccc2C(F)(F)F)C(=O)C1. The summed E-state index contributed by atoms with van der Waals surface area (Å²) < 4.78 is 37.9. The Bertz CT molecular complexity index is 488. The topological polar surface area (TPSA) is 29.4 Å². The molecule has 1 aromatic rings. The molecule has 0 spiro atoms. The molecule has 0 amide bonds. The van der Waals surface area contributed by atoms with E-state index in [4.69, 9.17) is 0 Å². The molecule has 0 fully saturated rings. The van der Waals surface area contributed by atoms with Crippen LogP contribution in [0.5, 0.6) is 0 Å². The van der Waals surface area contributed by atoms with Crippen molar-refractivity contribution in [3.63, 3.8) is 0 Å². The molecule has 1 aliphatic rings. The maximum absolute atomic E-state index is 12.6. The number of alkyl halides is 3. The van der Waals surface area contributed by atoms with Gasteiger partial charge in [0.25, 0.3) is 0 Å². The van der Waals surface area contributed by atoms with Crippen molar-refractivity contribution in [3.05, 3.63) is 29.3 Å². The number of para-hydroxylation sites is 1. The third-order valence-electron chi connectivity index (χ3n) is 2.36. The highest BCUT2D eigenvalue weighted by Gasteiger charge is 2.36. The van der Waals surface area contributed by atoms with E-state index in [0.29, 0.717) is 5.71 Å². The first-order chi connectivity index (χ1) is 7.39. The molecular formula is C11H8F3NO. The van der Waals surface area contributed by atoms with Crippen LogP contribution in [0.15, 0.2) is 23.2 Å². The zero-order chi connectivity index (χ0) is 11.9. The van der Waals surface area contributed by atoms with E-state index in [1.165, 1.54) is 12.1 Å². The minimum Gasteiger partial charge on any atom is -0.294 e. The second-order valence-corrected chi connectivity index (χ2v) is 3.65. The monoisotopic (exact) mass is 227 g/mol. The lowest BCUT2D eigenvalue weighted by Crippen LogP contribution is -2.14. The molecule has 0 radical (unpaired) electrons. The second-order valence-electron chi connectivity index (χ2n) is 3.65. The average Bonchev–Trinajstić information content (AvgIpc) is 2.15.